The van der Waals surface area contributed by atoms with E-state index in [0.717, 1.165) is 31.6 Å². The first-order valence-corrected chi connectivity index (χ1v) is 10.9. The molecule has 1 aliphatic heterocycles. The van der Waals surface area contributed by atoms with Crippen LogP contribution in [0.15, 0.2) is 30.3 Å². The molecular formula is C23H33N5O4. The van der Waals surface area contributed by atoms with Gasteiger partial charge in [0.1, 0.15) is 30.0 Å². The van der Waals surface area contributed by atoms with Crippen LogP contribution in [0.5, 0.6) is 5.75 Å². The van der Waals surface area contributed by atoms with E-state index in [1.807, 2.05) is 31.3 Å². The van der Waals surface area contributed by atoms with Crippen molar-refractivity contribution in [3.8, 4) is 17.1 Å². The minimum atomic E-state index is -0.610. The van der Waals surface area contributed by atoms with Crippen molar-refractivity contribution in [2.45, 2.75) is 25.0 Å². The van der Waals surface area contributed by atoms with Crippen molar-refractivity contribution in [2.75, 3.05) is 59.5 Å². The Bertz CT molecular complexity index is 902. The second-order valence-corrected chi connectivity index (χ2v) is 8.14. The number of anilines is 1. The van der Waals surface area contributed by atoms with Crippen LogP contribution in [0.4, 0.5) is 5.82 Å². The summed E-state index contributed by atoms with van der Waals surface area (Å²) in [5, 5.41) is 12.8. The predicted octanol–water partition coefficient (Wildman–Crippen LogP) is 1.42. The normalized spacial score (nSPS) is 15.3. The number of nitrogens with zero attached hydrogens (tertiary/aromatic N) is 4. The topological polar surface area (TPSA) is 100 Å². The fourth-order valence-electron chi connectivity index (χ4n) is 3.55. The highest BCUT2D eigenvalue weighted by Gasteiger charge is 2.23. The van der Waals surface area contributed by atoms with Crippen molar-refractivity contribution in [1.82, 2.24) is 20.2 Å². The lowest BCUT2D eigenvalue weighted by Gasteiger charge is -2.32. The van der Waals surface area contributed by atoms with Crippen LogP contribution in [0.2, 0.25) is 0 Å². The Labute approximate surface area is 189 Å². The number of ether oxygens (including phenoxy) is 2. The largest absolute Gasteiger partial charge is 0.491 e. The van der Waals surface area contributed by atoms with E-state index in [-0.39, 0.29) is 18.6 Å². The van der Waals surface area contributed by atoms with E-state index >= 15 is 0 Å². The molecule has 174 valence electrons. The predicted molar refractivity (Wildman–Crippen MR) is 123 cm³/mol. The standard InChI is InChI=1S/C23H33N5O4/c1-24-14-18(29)15-32-19-7-5-6-16(12-19)22-25-20(23(30)27(2)3)13-21(26-22)28(4)17-8-10-31-11-9-17/h5-7,12-13,17-18,24,29H,8-11,14-15H2,1-4H3. The quantitative estimate of drug-likeness (QED) is 0.600. The van der Waals surface area contributed by atoms with Gasteiger partial charge in [0, 0.05) is 58.6 Å². The molecule has 1 atom stereocenters. The van der Waals surface area contributed by atoms with E-state index in [0.29, 0.717) is 29.6 Å². The van der Waals surface area contributed by atoms with Gasteiger partial charge in [-0.3, -0.25) is 4.79 Å². The highest BCUT2D eigenvalue weighted by atomic mass is 16.5. The third-order valence-electron chi connectivity index (χ3n) is 5.41. The molecule has 3 rings (SSSR count). The molecule has 0 aliphatic carbocycles. The molecule has 2 heterocycles. The number of aromatic nitrogens is 2. The Kier molecular flexibility index (Phi) is 8.38. The number of benzene rings is 1. The van der Waals surface area contributed by atoms with Crippen LogP contribution in [0.1, 0.15) is 23.3 Å². The van der Waals surface area contributed by atoms with Crippen molar-refractivity contribution in [3.05, 3.63) is 36.0 Å². The van der Waals surface area contributed by atoms with Gasteiger partial charge in [-0.1, -0.05) is 12.1 Å². The summed E-state index contributed by atoms with van der Waals surface area (Å²) in [6.07, 6.45) is 1.21. The number of aliphatic hydroxyl groups is 1. The molecule has 9 nitrogen and oxygen atoms in total. The Morgan fingerprint density at radius 2 is 2.00 bits per heavy atom. The fraction of sp³-hybridized carbons (Fsp3) is 0.522. The summed E-state index contributed by atoms with van der Waals surface area (Å²) in [4.78, 5) is 25.7. The number of likely N-dealkylation sites (N-methyl/N-ethyl adjacent to an activating group) is 1. The number of rotatable bonds is 9. The lowest BCUT2D eigenvalue weighted by molar-refractivity contribution is 0.0820. The van der Waals surface area contributed by atoms with E-state index in [1.54, 1.807) is 27.2 Å². The average Bonchev–Trinajstić information content (AvgIpc) is 2.82. The van der Waals surface area contributed by atoms with Gasteiger partial charge in [-0.25, -0.2) is 9.97 Å². The van der Waals surface area contributed by atoms with Gasteiger partial charge in [0.15, 0.2) is 5.82 Å². The van der Waals surface area contributed by atoms with Gasteiger partial charge < -0.3 is 29.7 Å². The van der Waals surface area contributed by atoms with Crippen LogP contribution < -0.4 is 15.0 Å². The molecule has 1 aliphatic rings. The summed E-state index contributed by atoms with van der Waals surface area (Å²) in [6, 6.07) is 9.41. The zero-order valence-corrected chi connectivity index (χ0v) is 19.2. The Balaban J connectivity index is 1.91. The van der Waals surface area contributed by atoms with Gasteiger partial charge in [0.25, 0.3) is 5.91 Å². The Hall–Kier alpha value is -2.75. The summed E-state index contributed by atoms with van der Waals surface area (Å²) >= 11 is 0. The zero-order chi connectivity index (χ0) is 23.1. The summed E-state index contributed by atoms with van der Waals surface area (Å²) in [6.45, 7) is 2.05. The maximum Gasteiger partial charge on any atom is 0.272 e. The molecule has 2 N–H and O–H groups in total. The molecule has 0 radical (unpaired) electrons. The number of carbonyl (C=O) groups excluding carboxylic acids is 1. The first kappa shape index (κ1) is 23.9. The van der Waals surface area contributed by atoms with Gasteiger partial charge in [-0.2, -0.15) is 0 Å². The van der Waals surface area contributed by atoms with E-state index < -0.39 is 6.10 Å². The minimum Gasteiger partial charge on any atom is -0.491 e. The summed E-state index contributed by atoms with van der Waals surface area (Å²) in [7, 11) is 7.18. The maximum absolute atomic E-state index is 12.7. The molecule has 0 spiro atoms. The number of nitrogens with one attached hydrogen (secondary N) is 1. The second-order valence-electron chi connectivity index (χ2n) is 8.14. The Morgan fingerprint density at radius 1 is 1.25 bits per heavy atom. The van der Waals surface area contributed by atoms with Gasteiger partial charge >= 0.3 is 0 Å². The van der Waals surface area contributed by atoms with E-state index in [2.05, 4.69) is 15.2 Å². The third-order valence-corrected chi connectivity index (χ3v) is 5.41. The monoisotopic (exact) mass is 443 g/mol. The average molecular weight is 444 g/mol. The maximum atomic E-state index is 12.7. The van der Waals surface area contributed by atoms with E-state index in [9.17, 15) is 9.90 Å². The third kappa shape index (κ3) is 6.15. The van der Waals surface area contributed by atoms with Crippen molar-refractivity contribution >= 4 is 11.7 Å². The number of aliphatic hydroxyl groups excluding tert-OH is 1. The molecule has 1 fully saturated rings. The van der Waals surface area contributed by atoms with Gasteiger partial charge in [0.2, 0.25) is 0 Å². The molecule has 1 amide bonds. The van der Waals surface area contributed by atoms with Gasteiger partial charge in [-0.05, 0) is 32.0 Å². The van der Waals surface area contributed by atoms with Crippen LogP contribution in [0, 0.1) is 0 Å². The lowest BCUT2D eigenvalue weighted by Crippen LogP contribution is -2.37. The minimum absolute atomic E-state index is 0.169. The van der Waals surface area contributed by atoms with Crippen molar-refractivity contribution in [2.24, 2.45) is 0 Å². The SMILES string of the molecule is CNCC(O)COc1cccc(-c2nc(C(=O)N(C)C)cc(N(C)C3CCOCC3)n2)c1. The summed E-state index contributed by atoms with van der Waals surface area (Å²) in [5.74, 6) is 1.57. The van der Waals surface area contributed by atoms with Gasteiger partial charge in [-0.15, -0.1) is 0 Å². The molecule has 0 saturated carbocycles. The summed E-state index contributed by atoms with van der Waals surface area (Å²) < 4.78 is 11.2. The van der Waals surface area contributed by atoms with Crippen LogP contribution in [0.25, 0.3) is 11.4 Å². The molecule has 0 bridgehead atoms. The van der Waals surface area contributed by atoms with Crippen LogP contribution in [-0.2, 0) is 4.74 Å². The molecule has 32 heavy (non-hydrogen) atoms. The smallest absolute Gasteiger partial charge is 0.272 e. The Morgan fingerprint density at radius 3 is 2.69 bits per heavy atom. The highest BCUT2D eigenvalue weighted by molar-refractivity contribution is 5.93. The first-order valence-electron chi connectivity index (χ1n) is 10.9. The van der Waals surface area contributed by atoms with Gasteiger partial charge in [0.05, 0.1) is 0 Å². The molecule has 9 heteroatoms. The molecule has 1 saturated heterocycles. The molecule has 2 aromatic rings. The van der Waals surface area contributed by atoms with Crippen LogP contribution in [0.3, 0.4) is 0 Å². The molecular weight excluding hydrogens is 410 g/mol. The number of hydrogen-bond acceptors (Lipinski definition) is 8. The lowest BCUT2D eigenvalue weighted by atomic mass is 10.1. The summed E-state index contributed by atoms with van der Waals surface area (Å²) in [5.41, 5.74) is 1.07. The van der Waals surface area contributed by atoms with E-state index in [1.165, 1.54) is 4.90 Å². The van der Waals surface area contributed by atoms with E-state index in [4.69, 9.17) is 14.5 Å². The van der Waals surface area contributed by atoms with Crippen LogP contribution >= 0.6 is 0 Å². The highest BCUT2D eigenvalue weighted by Crippen LogP contribution is 2.26. The number of carbonyl (C=O) groups is 1. The van der Waals surface area contributed by atoms with Crippen molar-refractivity contribution in [1.29, 1.82) is 0 Å². The number of amides is 1. The fourth-order valence-corrected chi connectivity index (χ4v) is 3.55. The molecule has 1 aromatic heterocycles. The van der Waals surface area contributed by atoms with Crippen molar-refractivity contribution in [3.63, 3.8) is 0 Å². The van der Waals surface area contributed by atoms with Crippen molar-refractivity contribution < 1.29 is 19.4 Å². The zero-order valence-electron chi connectivity index (χ0n) is 19.2. The second kappa shape index (κ2) is 11.2. The molecule has 1 unspecified atom stereocenters. The van der Waals surface area contributed by atoms with Crippen LogP contribution in [-0.4, -0.2) is 92.6 Å². The first-order chi connectivity index (χ1) is 15.4. The number of hydrogen-bond donors (Lipinski definition) is 2. The molecule has 1 aromatic carbocycles.